The predicted octanol–water partition coefficient (Wildman–Crippen LogP) is 3.56. The van der Waals surface area contributed by atoms with Gasteiger partial charge in [-0.15, -0.1) is 10.2 Å². The fraction of sp³-hybridized carbons (Fsp3) is 0.391. The molecule has 0 aliphatic carbocycles. The lowest BCUT2D eigenvalue weighted by Gasteiger charge is -2.38. The second-order valence-corrected chi connectivity index (χ2v) is 8.83. The molecule has 1 N–H and O–H groups in total. The number of hydrogen-bond donors (Lipinski definition) is 1. The first-order valence-corrected chi connectivity index (χ1v) is 11.3. The fourth-order valence-electron chi connectivity index (χ4n) is 4.80. The monoisotopic (exact) mass is 471 g/mol. The molecule has 10 heteroatoms. The topological polar surface area (TPSA) is 93.2 Å². The van der Waals surface area contributed by atoms with Crippen molar-refractivity contribution >= 4 is 17.5 Å². The van der Waals surface area contributed by atoms with Gasteiger partial charge in [-0.1, -0.05) is 16.8 Å². The number of tetrazole rings is 1. The van der Waals surface area contributed by atoms with E-state index in [1.165, 1.54) is 12.1 Å². The van der Waals surface area contributed by atoms with Crippen molar-refractivity contribution < 1.29 is 18.7 Å². The molecule has 172 valence electrons. The number of piperidine rings is 1. The molecule has 2 aliphatic heterocycles. The van der Waals surface area contributed by atoms with Crippen molar-refractivity contribution in [2.45, 2.75) is 50.3 Å². The van der Waals surface area contributed by atoms with Crippen LogP contribution in [0.4, 0.5) is 4.39 Å². The molecule has 2 bridgehead atoms. The first-order chi connectivity index (χ1) is 16.0. The van der Waals surface area contributed by atoms with E-state index in [1.807, 2.05) is 4.90 Å². The summed E-state index contributed by atoms with van der Waals surface area (Å²) in [4.78, 5) is 15.0. The number of H-pyrrole nitrogens is 1. The van der Waals surface area contributed by atoms with Crippen LogP contribution in [0.15, 0.2) is 42.5 Å². The van der Waals surface area contributed by atoms with Gasteiger partial charge in [-0.05, 0) is 55.3 Å². The molecule has 2 fully saturated rings. The molecule has 1 amide bonds. The minimum absolute atomic E-state index is 0.00996. The predicted molar refractivity (Wildman–Crippen MR) is 118 cm³/mol. The van der Waals surface area contributed by atoms with Crippen LogP contribution < -0.4 is 9.47 Å². The summed E-state index contributed by atoms with van der Waals surface area (Å²) in [5.74, 6) is 1.40. The second-order valence-electron chi connectivity index (χ2n) is 8.40. The fourth-order valence-corrected chi connectivity index (χ4v) is 5.00. The summed E-state index contributed by atoms with van der Waals surface area (Å²) in [6.45, 7) is -0.0582. The van der Waals surface area contributed by atoms with Gasteiger partial charge in [0, 0.05) is 41.9 Å². The van der Waals surface area contributed by atoms with Crippen LogP contribution in [0.3, 0.4) is 0 Å². The highest BCUT2D eigenvalue weighted by Gasteiger charge is 2.44. The molecule has 3 atom stereocenters. The molecule has 2 aliphatic rings. The Morgan fingerprint density at radius 1 is 1.15 bits per heavy atom. The molecule has 33 heavy (non-hydrogen) atoms. The average molecular weight is 472 g/mol. The van der Waals surface area contributed by atoms with E-state index in [9.17, 15) is 9.18 Å². The summed E-state index contributed by atoms with van der Waals surface area (Å²) < 4.78 is 25.1. The van der Waals surface area contributed by atoms with E-state index < -0.39 is 0 Å². The van der Waals surface area contributed by atoms with Crippen molar-refractivity contribution in [1.29, 1.82) is 0 Å². The van der Waals surface area contributed by atoms with Gasteiger partial charge >= 0.3 is 0 Å². The van der Waals surface area contributed by atoms with Crippen molar-refractivity contribution in [3.8, 4) is 11.5 Å². The molecule has 2 saturated heterocycles. The highest BCUT2D eigenvalue weighted by molar-refractivity contribution is 6.30. The van der Waals surface area contributed by atoms with E-state index in [2.05, 4.69) is 20.6 Å². The molecule has 1 unspecified atom stereocenters. The third-order valence-electron chi connectivity index (χ3n) is 6.21. The van der Waals surface area contributed by atoms with Crippen molar-refractivity contribution in [2.75, 3.05) is 6.61 Å². The van der Waals surface area contributed by atoms with Crippen LogP contribution in [-0.2, 0) is 11.2 Å². The Kier molecular flexibility index (Phi) is 6.13. The zero-order valence-electron chi connectivity index (χ0n) is 17.8. The average Bonchev–Trinajstić information content (AvgIpc) is 3.40. The normalized spacial score (nSPS) is 21.8. The number of ether oxygens (including phenoxy) is 2. The largest absolute Gasteiger partial charge is 0.490 e. The second kappa shape index (κ2) is 9.35. The number of benzene rings is 2. The number of nitrogens with zero attached hydrogens (tertiary/aromatic N) is 4. The summed E-state index contributed by atoms with van der Waals surface area (Å²) in [5.41, 5.74) is 0.783. The Morgan fingerprint density at radius 2 is 1.91 bits per heavy atom. The number of hydrogen-bond acceptors (Lipinski definition) is 6. The molecule has 0 saturated carbocycles. The van der Waals surface area contributed by atoms with Crippen LogP contribution in [-0.4, -0.2) is 56.2 Å². The molecule has 3 aromatic rings. The van der Waals surface area contributed by atoms with Crippen LogP contribution in [0.25, 0.3) is 0 Å². The van der Waals surface area contributed by atoms with E-state index in [0.29, 0.717) is 28.8 Å². The molecule has 0 spiro atoms. The van der Waals surface area contributed by atoms with E-state index in [1.54, 1.807) is 30.3 Å². The lowest BCUT2D eigenvalue weighted by molar-refractivity contribution is -0.139. The van der Waals surface area contributed by atoms with Crippen molar-refractivity contribution in [1.82, 2.24) is 25.5 Å². The number of carbonyl (C=O) groups is 1. The minimum atomic E-state index is -0.288. The SMILES string of the molecule is O=C(COc1ccc(Cl)cc1Cc1nn[nH]n1)N1[C@@H]2CC[C@H]1CC(Oc1ccc(F)cc1)C2. The van der Waals surface area contributed by atoms with Crippen LogP contribution in [0.1, 0.15) is 37.1 Å². The summed E-state index contributed by atoms with van der Waals surface area (Å²) in [6, 6.07) is 11.6. The number of aromatic nitrogens is 4. The van der Waals surface area contributed by atoms with Gasteiger partial charge in [0.2, 0.25) is 0 Å². The lowest BCUT2D eigenvalue weighted by Crippen LogP contribution is -2.50. The van der Waals surface area contributed by atoms with Gasteiger partial charge in [0.15, 0.2) is 12.4 Å². The van der Waals surface area contributed by atoms with Crippen molar-refractivity contribution in [2.24, 2.45) is 0 Å². The summed E-state index contributed by atoms with van der Waals surface area (Å²) >= 11 is 6.14. The van der Waals surface area contributed by atoms with E-state index in [-0.39, 0.29) is 36.5 Å². The number of carbonyl (C=O) groups excluding carboxylic acids is 1. The summed E-state index contributed by atoms with van der Waals surface area (Å²) in [5, 5.41) is 14.5. The zero-order valence-corrected chi connectivity index (χ0v) is 18.5. The number of aromatic amines is 1. The number of rotatable bonds is 7. The minimum Gasteiger partial charge on any atom is -0.490 e. The molecule has 8 nitrogen and oxygen atoms in total. The molecular weight excluding hydrogens is 449 g/mol. The Labute approximate surface area is 195 Å². The van der Waals surface area contributed by atoms with E-state index >= 15 is 0 Å². The first kappa shape index (κ1) is 21.6. The Hall–Kier alpha value is -3.20. The molecule has 0 radical (unpaired) electrons. The molecule has 1 aromatic heterocycles. The van der Waals surface area contributed by atoms with Gasteiger partial charge in [0.25, 0.3) is 5.91 Å². The Balaban J connectivity index is 1.20. The number of fused-ring (bicyclic) bond motifs is 2. The molecule has 2 aromatic carbocycles. The highest BCUT2D eigenvalue weighted by Crippen LogP contribution is 2.37. The highest BCUT2D eigenvalue weighted by atomic mass is 35.5. The van der Waals surface area contributed by atoms with Crippen LogP contribution in [0, 0.1) is 5.82 Å². The molecular formula is C23H23ClFN5O3. The summed E-state index contributed by atoms with van der Waals surface area (Å²) in [6.07, 6.45) is 3.80. The maximum atomic E-state index is 13.1. The van der Waals surface area contributed by atoms with Crippen molar-refractivity contribution in [3.05, 3.63) is 64.7 Å². The van der Waals surface area contributed by atoms with Gasteiger partial charge < -0.3 is 14.4 Å². The van der Waals surface area contributed by atoms with Gasteiger partial charge in [-0.25, -0.2) is 4.39 Å². The van der Waals surface area contributed by atoms with E-state index in [0.717, 1.165) is 31.2 Å². The van der Waals surface area contributed by atoms with Gasteiger partial charge in [0.1, 0.15) is 23.4 Å². The smallest absolute Gasteiger partial charge is 0.261 e. The third-order valence-corrected chi connectivity index (χ3v) is 6.44. The van der Waals surface area contributed by atoms with Crippen LogP contribution >= 0.6 is 11.6 Å². The third kappa shape index (κ3) is 4.93. The zero-order chi connectivity index (χ0) is 22.8. The number of amides is 1. The maximum absolute atomic E-state index is 13.1. The lowest BCUT2D eigenvalue weighted by atomic mass is 9.99. The van der Waals surface area contributed by atoms with E-state index in [4.69, 9.17) is 21.1 Å². The molecule has 3 heterocycles. The van der Waals surface area contributed by atoms with Gasteiger partial charge in [-0.3, -0.25) is 4.79 Å². The summed E-state index contributed by atoms with van der Waals surface area (Å²) in [7, 11) is 0. The maximum Gasteiger partial charge on any atom is 0.261 e. The van der Waals surface area contributed by atoms with Crippen LogP contribution in [0.2, 0.25) is 5.02 Å². The standard InChI is InChI=1S/C23H23ClFN5O3/c24-15-1-8-21(14(9-15)10-22-26-28-29-27-22)32-13-23(31)30-17-4-5-18(30)12-20(11-17)33-19-6-2-16(25)3-7-19/h1-3,6-9,17-18,20H,4-5,10-13H2,(H,26,27,28,29)/t17-,18+,20?. The Bertz CT molecular complexity index is 1100. The molecule has 5 rings (SSSR count). The number of nitrogens with one attached hydrogen (secondary N) is 1. The quantitative estimate of drug-likeness (QED) is 0.566. The first-order valence-electron chi connectivity index (χ1n) is 10.9. The van der Waals surface area contributed by atoms with Gasteiger partial charge in [0.05, 0.1) is 0 Å². The van der Waals surface area contributed by atoms with Crippen LogP contribution in [0.5, 0.6) is 11.5 Å². The number of halogens is 2. The van der Waals surface area contributed by atoms with Crippen molar-refractivity contribution in [3.63, 3.8) is 0 Å². The Morgan fingerprint density at radius 3 is 2.61 bits per heavy atom. The van der Waals surface area contributed by atoms with Gasteiger partial charge in [-0.2, -0.15) is 5.21 Å².